The number of fused-ring (bicyclic) bond motifs is 1. The number of rotatable bonds is 5. The summed E-state index contributed by atoms with van der Waals surface area (Å²) >= 11 is 0. The highest BCUT2D eigenvalue weighted by molar-refractivity contribution is 5.72. The second-order valence-corrected chi connectivity index (χ2v) is 7.00. The molecule has 1 atom stereocenters. The highest BCUT2D eigenvalue weighted by Crippen LogP contribution is 2.41. The van der Waals surface area contributed by atoms with Gasteiger partial charge in [-0.2, -0.15) is 0 Å². The van der Waals surface area contributed by atoms with Crippen LogP contribution in [0.15, 0.2) is 24.7 Å². The number of hydrogen-bond donors (Lipinski definition) is 0. The summed E-state index contributed by atoms with van der Waals surface area (Å²) in [7, 11) is 1.68. The van der Waals surface area contributed by atoms with E-state index in [1.165, 1.54) is 0 Å². The lowest BCUT2D eigenvalue weighted by atomic mass is 10.1. The molecule has 0 saturated carbocycles. The van der Waals surface area contributed by atoms with E-state index in [-0.39, 0.29) is 6.04 Å². The fourth-order valence-corrected chi connectivity index (χ4v) is 3.67. The average Bonchev–Trinajstić information content (AvgIpc) is 3.07. The van der Waals surface area contributed by atoms with E-state index in [4.69, 9.17) is 18.9 Å². The van der Waals surface area contributed by atoms with Gasteiger partial charge in [-0.05, 0) is 13.0 Å². The van der Waals surface area contributed by atoms with Crippen LogP contribution in [0.2, 0.25) is 0 Å². The minimum Gasteiger partial charge on any atom is -0.496 e. The first-order valence-electron chi connectivity index (χ1n) is 9.56. The lowest BCUT2D eigenvalue weighted by Crippen LogP contribution is -2.39. The molecule has 2 aliphatic rings. The topological polar surface area (TPSA) is 58.0 Å². The monoisotopic (exact) mass is 373 g/mol. The maximum Gasteiger partial charge on any atom is 0.164 e. The van der Waals surface area contributed by atoms with Crippen molar-refractivity contribution in [3.05, 3.63) is 24.7 Å². The Morgan fingerprint density at radius 1 is 1.11 bits per heavy atom. The molecule has 7 nitrogen and oxygen atoms in total. The summed E-state index contributed by atoms with van der Waals surface area (Å²) in [6.45, 7) is 8.05. The molecule has 1 aromatic carbocycles. The van der Waals surface area contributed by atoms with Crippen molar-refractivity contribution in [3.63, 3.8) is 0 Å². The molecule has 146 valence electrons. The number of nitrogens with zero attached hydrogens (tertiary/aromatic N) is 3. The first-order chi connectivity index (χ1) is 13.3. The number of benzene rings is 1. The maximum absolute atomic E-state index is 5.88. The number of ether oxygens (including phenoxy) is 4. The van der Waals surface area contributed by atoms with Crippen LogP contribution in [-0.4, -0.2) is 67.6 Å². The van der Waals surface area contributed by atoms with E-state index in [0.717, 1.165) is 67.8 Å². The van der Waals surface area contributed by atoms with E-state index < -0.39 is 0 Å². The van der Waals surface area contributed by atoms with Gasteiger partial charge < -0.3 is 23.5 Å². The van der Waals surface area contributed by atoms with E-state index in [1.807, 2.05) is 24.7 Å². The van der Waals surface area contributed by atoms with E-state index in [1.54, 1.807) is 7.11 Å². The Labute approximate surface area is 159 Å². The molecule has 0 spiro atoms. The Balaban J connectivity index is 1.64. The van der Waals surface area contributed by atoms with Gasteiger partial charge in [-0.25, -0.2) is 4.98 Å². The minimum absolute atomic E-state index is 0.279. The smallest absolute Gasteiger partial charge is 0.164 e. The predicted molar refractivity (Wildman–Crippen MR) is 102 cm³/mol. The third-order valence-corrected chi connectivity index (χ3v) is 5.11. The zero-order chi connectivity index (χ0) is 18.6. The lowest BCUT2D eigenvalue weighted by Gasteiger charge is -2.30. The molecule has 2 aromatic rings. The Bertz CT molecular complexity index is 771. The zero-order valence-electron chi connectivity index (χ0n) is 16.0. The van der Waals surface area contributed by atoms with Gasteiger partial charge in [0.05, 0.1) is 51.8 Å². The molecule has 27 heavy (non-hydrogen) atoms. The first-order valence-corrected chi connectivity index (χ1v) is 9.56. The molecule has 2 aliphatic heterocycles. The van der Waals surface area contributed by atoms with Crippen LogP contribution < -0.4 is 14.2 Å². The molecule has 0 aliphatic carbocycles. The van der Waals surface area contributed by atoms with Crippen LogP contribution in [0.3, 0.4) is 0 Å². The molecule has 1 fully saturated rings. The van der Waals surface area contributed by atoms with E-state index >= 15 is 0 Å². The fraction of sp³-hybridized carbons (Fsp3) is 0.550. The molecular formula is C20H27N3O4. The summed E-state index contributed by atoms with van der Waals surface area (Å²) in [5, 5.41) is 0. The van der Waals surface area contributed by atoms with Crippen molar-refractivity contribution in [2.75, 3.05) is 53.2 Å². The van der Waals surface area contributed by atoms with Crippen molar-refractivity contribution in [2.24, 2.45) is 0 Å². The van der Waals surface area contributed by atoms with Crippen LogP contribution in [0.1, 0.15) is 19.4 Å². The third-order valence-electron chi connectivity index (χ3n) is 5.11. The molecule has 0 N–H and O–H groups in total. The van der Waals surface area contributed by atoms with Crippen molar-refractivity contribution in [3.8, 4) is 28.5 Å². The molecule has 1 saturated heterocycles. The zero-order valence-corrected chi connectivity index (χ0v) is 16.0. The highest BCUT2D eigenvalue weighted by atomic mass is 16.5. The van der Waals surface area contributed by atoms with Crippen molar-refractivity contribution in [2.45, 2.75) is 19.4 Å². The van der Waals surface area contributed by atoms with Crippen molar-refractivity contribution in [1.82, 2.24) is 14.5 Å². The molecule has 0 radical (unpaired) electrons. The van der Waals surface area contributed by atoms with Crippen LogP contribution in [0.25, 0.3) is 11.3 Å². The summed E-state index contributed by atoms with van der Waals surface area (Å²) in [5.74, 6) is 2.26. The number of hydrogen-bond acceptors (Lipinski definition) is 6. The van der Waals surface area contributed by atoms with Gasteiger partial charge >= 0.3 is 0 Å². The van der Waals surface area contributed by atoms with Crippen molar-refractivity contribution < 1.29 is 18.9 Å². The summed E-state index contributed by atoms with van der Waals surface area (Å²) in [5.41, 5.74) is 1.98. The van der Waals surface area contributed by atoms with Crippen LogP contribution in [0, 0.1) is 0 Å². The molecule has 4 rings (SSSR count). The van der Waals surface area contributed by atoms with Crippen molar-refractivity contribution >= 4 is 0 Å². The Morgan fingerprint density at radius 3 is 2.59 bits per heavy atom. The van der Waals surface area contributed by atoms with Crippen LogP contribution >= 0.6 is 0 Å². The molecular weight excluding hydrogens is 346 g/mol. The van der Waals surface area contributed by atoms with Gasteiger partial charge in [-0.1, -0.05) is 0 Å². The summed E-state index contributed by atoms with van der Waals surface area (Å²) < 4.78 is 25.0. The van der Waals surface area contributed by atoms with E-state index in [0.29, 0.717) is 13.2 Å². The Kier molecular flexibility index (Phi) is 5.50. The van der Waals surface area contributed by atoms with E-state index in [2.05, 4.69) is 21.4 Å². The largest absolute Gasteiger partial charge is 0.496 e. The van der Waals surface area contributed by atoms with Gasteiger partial charge in [0.25, 0.3) is 0 Å². The fourth-order valence-electron chi connectivity index (χ4n) is 3.67. The number of methoxy groups -OCH3 is 1. The maximum atomic E-state index is 5.88. The van der Waals surface area contributed by atoms with Gasteiger partial charge in [0.2, 0.25) is 0 Å². The lowest BCUT2D eigenvalue weighted by molar-refractivity contribution is 0.0326. The van der Waals surface area contributed by atoms with Gasteiger partial charge in [0.1, 0.15) is 5.75 Å². The van der Waals surface area contributed by atoms with Gasteiger partial charge in [-0.15, -0.1) is 0 Å². The average molecular weight is 373 g/mol. The molecule has 3 heterocycles. The first kappa shape index (κ1) is 18.1. The Morgan fingerprint density at radius 2 is 1.85 bits per heavy atom. The molecule has 1 aromatic heterocycles. The molecule has 0 amide bonds. The summed E-state index contributed by atoms with van der Waals surface area (Å²) in [6, 6.07) is 4.20. The quantitative estimate of drug-likeness (QED) is 0.803. The third kappa shape index (κ3) is 3.89. The van der Waals surface area contributed by atoms with Crippen molar-refractivity contribution in [1.29, 1.82) is 0 Å². The van der Waals surface area contributed by atoms with Gasteiger partial charge in [-0.3, -0.25) is 4.90 Å². The summed E-state index contributed by atoms with van der Waals surface area (Å²) in [6.07, 6.45) is 4.65. The SMILES string of the molecule is COc1cc2c(cc1-c1cncn1[C@H](C)CN1CCOCC1)OCCCO2. The second-order valence-electron chi connectivity index (χ2n) is 7.00. The molecule has 7 heteroatoms. The van der Waals surface area contributed by atoms with Gasteiger partial charge in [0.15, 0.2) is 11.5 Å². The normalized spacial score (nSPS) is 18.7. The second kappa shape index (κ2) is 8.19. The standard InChI is InChI=1S/C20H27N3O4/c1-15(13-22-4-8-25-9-5-22)23-14-21-12-17(23)16-10-19-20(11-18(16)24-2)27-7-3-6-26-19/h10-12,14-15H,3-9,13H2,1-2H3/t15-/m1/s1. The summed E-state index contributed by atoms with van der Waals surface area (Å²) in [4.78, 5) is 6.84. The minimum atomic E-state index is 0.279. The van der Waals surface area contributed by atoms with Crippen LogP contribution in [-0.2, 0) is 4.74 Å². The molecule has 0 bridgehead atoms. The number of morpholine rings is 1. The van der Waals surface area contributed by atoms with Crippen LogP contribution in [0.5, 0.6) is 17.2 Å². The number of aromatic nitrogens is 2. The van der Waals surface area contributed by atoms with Gasteiger partial charge in [0, 0.05) is 43.7 Å². The van der Waals surface area contributed by atoms with Crippen LogP contribution in [0.4, 0.5) is 0 Å². The van der Waals surface area contributed by atoms with E-state index in [9.17, 15) is 0 Å². The molecule has 0 unspecified atom stereocenters. The highest BCUT2D eigenvalue weighted by Gasteiger charge is 2.21. The predicted octanol–water partition coefficient (Wildman–Crippen LogP) is 2.61. The Hall–Kier alpha value is -2.25. The number of imidazole rings is 1.